The summed E-state index contributed by atoms with van der Waals surface area (Å²) in [6.07, 6.45) is 8.72. The van der Waals surface area contributed by atoms with Crippen molar-refractivity contribution in [2.45, 2.75) is 64.0 Å². The zero-order chi connectivity index (χ0) is 22.3. The monoisotopic (exact) mass is 450 g/mol. The first kappa shape index (κ1) is 24.5. The van der Waals surface area contributed by atoms with Crippen LogP contribution in [0, 0.1) is 11.8 Å². The zero-order valence-electron chi connectivity index (χ0n) is 19.5. The average Bonchev–Trinajstić information content (AvgIpc) is 3.57. The highest BCUT2D eigenvalue weighted by Crippen LogP contribution is 2.39. The number of pyridine rings is 1. The molecule has 0 spiro atoms. The molecule has 1 amide bonds. The van der Waals surface area contributed by atoms with E-state index in [0.717, 1.165) is 29.5 Å². The number of likely N-dealkylation sites (tertiary alicyclic amines) is 1. The molecular formula is C24H38N2O4S. The summed E-state index contributed by atoms with van der Waals surface area (Å²) in [6, 6.07) is 4.17. The molecule has 3 rings (SSSR count). The predicted octanol–water partition coefficient (Wildman–Crippen LogP) is 3.92. The van der Waals surface area contributed by atoms with Gasteiger partial charge < -0.3 is 19.1 Å². The fraction of sp³-hybridized carbons (Fsp3) is 0.750. The second-order valence-corrected chi connectivity index (χ2v) is 10.3. The van der Waals surface area contributed by atoms with Crippen LogP contribution in [0.1, 0.15) is 50.8 Å². The van der Waals surface area contributed by atoms with Gasteiger partial charge in [-0.25, -0.2) is 0 Å². The molecule has 0 N–H and O–H groups in total. The van der Waals surface area contributed by atoms with Gasteiger partial charge in [0.15, 0.2) is 5.60 Å². The molecule has 0 aromatic carbocycles. The summed E-state index contributed by atoms with van der Waals surface area (Å²) in [5, 5.41) is 0. The molecule has 1 aromatic rings. The molecule has 1 aliphatic heterocycles. The van der Waals surface area contributed by atoms with Crippen LogP contribution < -0.4 is 0 Å². The smallest absolute Gasteiger partial charge is 0.259 e. The van der Waals surface area contributed by atoms with Gasteiger partial charge in [0.05, 0.1) is 6.04 Å². The largest absolute Gasteiger partial charge is 0.364 e. The molecule has 2 atom stereocenters. The van der Waals surface area contributed by atoms with Gasteiger partial charge in [-0.3, -0.25) is 9.78 Å². The molecule has 0 radical (unpaired) electrons. The summed E-state index contributed by atoms with van der Waals surface area (Å²) < 4.78 is 16.6. The molecule has 1 aromatic heterocycles. The Kier molecular flexibility index (Phi) is 9.19. The van der Waals surface area contributed by atoms with Crippen molar-refractivity contribution in [1.82, 2.24) is 9.88 Å². The van der Waals surface area contributed by atoms with Gasteiger partial charge in [-0.05, 0) is 48.1 Å². The van der Waals surface area contributed by atoms with Gasteiger partial charge in [-0.1, -0.05) is 33.1 Å². The van der Waals surface area contributed by atoms with Crippen molar-refractivity contribution < 1.29 is 19.0 Å². The number of amides is 1. The van der Waals surface area contributed by atoms with E-state index >= 15 is 0 Å². The van der Waals surface area contributed by atoms with E-state index in [0.29, 0.717) is 12.3 Å². The number of aromatic nitrogens is 1. The van der Waals surface area contributed by atoms with Crippen molar-refractivity contribution in [3.8, 4) is 0 Å². The van der Waals surface area contributed by atoms with Crippen molar-refractivity contribution in [1.29, 1.82) is 0 Å². The number of thioether (sulfide) groups is 1. The van der Waals surface area contributed by atoms with E-state index in [9.17, 15) is 4.79 Å². The van der Waals surface area contributed by atoms with Crippen LogP contribution in [0.2, 0.25) is 0 Å². The maximum Gasteiger partial charge on any atom is 0.259 e. The lowest BCUT2D eigenvalue weighted by Crippen LogP contribution is -2.77. The van der Waals surface area contributed by atoms with Crippen LogP contribution in [0.3, 0.4) is 0 Å². The third kappa shape index (κ3) is 6.44. The van der Waals surface area contributed by atoms with Gasteiger partial charge in [0.1, 0.15) is 13.5 Å². The van der Waals surface area contributed by atoms with Gasteiger partial charge in [0.25, 0.3) is 5.91 Å². The van der Waals surface area contributed by atoms with Crippen LogP contribution in [-0.4, -0.2) is 66.7 Å². The fourth-order valence-corrected chi connectivity index (χ4v) is 5.54. The molecule has 2 heterocycles. The predicted molar refractivity (Wildman–Crippen MR) is 124 cm³/mol. The van der Waals surface area contributed by atoms with Gasteiger partial charge in [-0.2, -0.15) is 11.8 Å². The van der Waals surface area contributed by atoms with E-state index < -0.39 is 5.60 Å². The second kappa shape index (κ2) is 11.6. The molecule has 6 nitrogen and oxygen atoms in total. The topological polar surface area (TPSA) is 60.9 Å². The number of rotatable bonds is 15. The molecule has 7 heteroatoms. The summed E-state index contributed by atoms with van der Waals surface area (Å²) in [5.74, 6) is 3.36. The number of aryl methyl sites for hydroxylation is 1. The molecule has 1 aliphatic carbocycles. The Morgan fingerprint density at radius 1 is 1.29 bits per heavy atom. The summed E-state index contributed by atoms with van der Waals surface area (Å²) in [5.41, 5.74) is 1.25. The number of nitrogens with zero attached hydrogens (tertiary/aromatic N) is 2. The van der Waals surface area contributed by atoms with E-state index in [4.69, 9.17) is 14.2 Å². The Labute approximate surface area is 191 Å². The molecule has 0 bridgehead atoms. The third-order valence-corrected chi connectivity index (χ3v) is 7.52. The third-order valence-electron chi connectivity index (χ3n) is 6.07. The number of hydrogen-bond donors (Lipinski definition) is 0. The summed E-state index contributed by atoms with van der Waals surface area (Å²) in [6.45, 7) is 4.77. The Bertz CT molecular complexity index is 713. The first-order chi connectivity index (χ1) is 15.0. The normalized spacial score (nSPS) is 23.5. The number of ether oxygens (including phenoxy) is 3. The maximum absolute atomic E-state index is 13.3. The minimum absolute atomic E-state index is 0.0394. The highest BCUT2D eigenvalue weighted by Gasteiger charge is 2.61. The number of β-lactam (4-membered cyclic amide) rings is 1. The molecule has 1 saturated carbocycles. The molecule has 1 saturated heterocycles. The fourth-order valence-electron chi connectivity index (χ4n) is 4.26. The first-order valence-electron chi connectivity index (χ1n) is 11.4. The number of methoxy groups -OCH3 is 2. The molecule has 2 fully saturated rings. The standard InChI is InChI=1S/C24H38N2O4S/c1-18(2)14-31-15-22-24(30-17-29-4,23(27)26(22)16-28-3)13-21-12-20(10-11-25-21)7-5-6-19-8-9-19/h10-12,18-19,22H,5-9,13-17H2,1-4H3/t22-,24+/m0/s1. The van der Waals surface area contributed by atoms with Crippen LogP contribution in [0.4, 0.5) is 0 Å². The molecule has 31 heavy (non-hydrogen) atoms. The maximum atomic E-state index is 13.3. The van der Waals surface area contributed by atoms with E-state index in [1.807, 2.05) is 18.0 Å². The van der Waals surface area contributed by atoms with Crippen molar-refractivity contribution in [2.24, 2.45) is 11.8 Å². The highest BCUT2D eigenvalue weighted by molar-refractivity contribution is 7.99. The van der Waals surface area contributed by atoms with E-state index in [2.05, 4.69) is 31.0 Å². The van der Waals surface area contributed by atoms with Crippen LogP contribution in [0.5, 0.6) is 0 Å². The van der Waals surface area contributed by atoms with E-state index in [1.165, 1.54) is 31.2 Å². The van der Waals surface area contributed by atoms with Crippen LogP contribution in [-0.2, 0) is 31.8 Å². The summed E-state index contributed by atoms with van der Waals surface area (Å²) >= 11 is 1.86. The summed E-state index contributed by atoms with van der Waals surface area (Å²) in [4.78, 5) is 19.6. The average molecular weight is 451 g/mol. The Balaban J connectivity index is 1.73. The summed E-state index contributed by atoms with van der Waals surface area (Å²) in [7, 11) is 3.21. The quantitative estimate of drug-likeness (QED) is 0.298. The van der Waals surface area contributed by atoms with Crippen LogP contribution in [0.25, 0.3) is 0 Å². The van der Waals surface area contributed by atoms with Gasteiger partial charge in [0.2, 0.25) is 0 Å². The number of carbonyl (C=O) groups excluding carboxylic acids is 1. The molecule has 174 valence electrons. The van der Waals surface area contributed by atoms with Crippen molar-refractivity contribution in [3.63, 3.8) is 0 Å². The van der Waals surface area contributed by atoms with Crippen LogP contribution in [0.15, 0.2) is 18.3 Å². The Hall–Kier alpha value is -1.15. The SMILES string of the molecule is COCO[C@@]1(Cc2cc(CCCC3CC3)ccn2)C(=O)N(COC)[C@H]1CSCC(C)C. The van der Waals surface area contributed by atoms with E-state index in [1.54, 1.807) is 19.1 Å². The minimum Gasteiger partial charge on any atom is -0.364 e. The minimum atomic E-state index is -0.946. The van der Waals surface area contributed by atoms with Crippen LogP contribution >= 0.6 is 11.8 Å². The lowest BCUT2D eigenvalue weighted by Gasteiger charge is -2.54. The molecule has 2 aliphatic rings. The van der Waals surface area contributed by atoms with Crippen molar-refractivity contribution >= 4 is 17.7 Å². The molecule has 0 unspecified atom stereocenters. The first-order valence-corrected chi connectivity index (χ1v) is 12.6. The zero-order valence-corrected chi connectivity index (χ0v) is 20.3. The van der Waals surface area contributed by atoms with Gasteiger partial charge in [0, 0.05) is 38.3 Å². The number of carbonyl (C=O) groups is 1. The van der Waals surface area contributed by atoms with Gasteiger partial charge in [-0.15, -0.1) is 0 Å². The Morgan fingerprint density at radius 3 is 2.77 bits per heavy atom. The second-order valence-electron chi connectivity index (χ2n) is 9.25. The molecular weight excluding hydrogens is 412 g/mol. The van der Waals surface area contributed by atoms with Crippen molar-refractivity contribution in [3.05, 3.63) is 29.6 Å². The lowest BCUT2D eigenvalue weighted by molar-refractivity contribution is -0.229. The Morgan fingerprint density at radius 2 is 2.10 bits per heavy atom. The number of hydrogen-bond acceptors (Lipinski definition) is 6. The van der Waals surface area contributed by atoms with Gasteiger partial charge >= 0.3 is 0 Å². The van der Waals surface area contributed by atoms with E-state index in [-0.39, 0.29) is 25.5 Å². The highest BCUT2D eigenvalue weighted by atomic mass is 32.2. The lowest BCUT2D eigenvalue weighted by atomic mass is 9.79. The van der Waals surface area contributed by atoms with Crippen molar-refractivity contribution in [2.75, 3.05) is 39.2 Å².